The fourth-order valence-corrected chi connectivity index (χ4v) is 3.53. The molecule has 0 spiro atoms. The number of aromatic nitrogens is 2. The lowest BCUT2D eigenvalue weighted by atomic mass is 10.1. The number of nitrogens with zero attached hydrogens (tertiary/aromatic N) is 3. The second kappa shape index (κ2) is 11.0. The topological polar surface area (TPSA) is 85.9 Å². The molecule has 0 saturated heterocycles. The van der Waals surface area contributed by atoms with Crippen molar-refractivity contribution in [3.05, 3.63) is 114 Å². The van der Waals surface area contributed by atoms with Crippen LogP contribution in [0.5, 0.6) is 11.5 Å². The Balaban J connectivity index is 1.60. The monoisotopic (exact) mass is 455 g/mol. The Hall–Kier alpha value is -4.39. The first-order valence-electron chi connectivity index (χ1n) is 11.0. The van der Waals surface area contributed by atoms with Gasteiger partial charge in [0, 0.05) is 36.3 Å². The van der Waals surface area contributed by atoms with Gasteiger partial charge in [0.1, 0.15) is 23.8 Å². The van der Waals surface area contributed by atoms with Crippen molar-refractivity contribution >= 4 is 11.7 Å². The summed E-state index contributed by atoms with van der Waals surface area (Å²) in [4.78, 5) is 21.6. The standard InChI is InChI=1S/C27H25N3O4/c1-2-33-29-26(20-9-8-13-24(16-20)34-23-11-4-3-5-12-23)19-30-17-21(25(18-30)27(31)32)15-22-10-6-7-14-28-22/h3-14,16-18H,2,15,19H2,1H3,(H,31,32)/b29-26+. The predicted molar refractivity (Wildman–Crippen MR) is 130 cm³/mol. The number of rotatable bonds is 10. The summed E-state index contributed by atoms with van der Waals surface area (Å²) in [5, 5.41) is 14.0. The summed E-state index contributed by atoms with van der Waals surface area (Å²) in [7, 11) is 0. The maximum atomic E-state index is 11.9. The highest BCUT2D eigenvalue weighted by Crippen LogP contribution is 2.23. The van der Waals surface area contributed by atoms with Gasteiger partial charge in [0.05, 0.1) is 12.1 Å². The zero-order chi connectivity index (χ0) is 23.8. The van der Waals surface area contributed by atoms with E-state index in [-0.39, 0.29) is 5.56 Å². The van der Waals surface area contributed by atoms with Crippen LogP contribution in [0.15, 0.2) is 96.5 Å². The van der Waals surface area contributed by atoms with E-state index >= 15 is 0 Å². The average molecular weight is 456 g/mol. The van der Waals surface area contributed by atoms with Crippen LogP contribution in [0.4, 0.5) is 0 Å². The Labute approximate surface area is 197 Å². The van der Waals surface area contributed by atoms with Crippen LogP contribution in [-0.2, 0) is 17.8 Å². The van der Waals surface area contributed by atoms with Gasteiger partial charge in [-0.3, -0.25) is 4.98 Å². The van der Waals surface area contributed by atoms with Gasteiger partial charge in [-0.15, -0.1) is 0 Å². The molecule has 0 amide bonds. The quantitative estimate of drug-likeness (QED) is 0.255. The van der Waals surface area contributed by atoms with Crippen LogP contribution in [-0.4, -0.2) is 32.9 Å². The van der Waals surface area contributed by atoms with E-state index in [4.69, 9.17) is 9.57 Å². The third-order valence-corrected chi connectivity index (χ3v) is 5.07. The van der Waals surface area contributed by atoms with Crippen LogP contribution >= 0.6 is 0 Å². The minimum atomic E-state index is -0.980. The Bertz CT molecular complexity index is 1270. The number of benzene rings is 2. The summed E-state index contributed by atoms with van der Waals surface area (Å²) in [6.45, 7) is 2.61. The fourth-order valence-electron chi connectivity index (χ4n) is 3.53. The number of carboxylic acid groups (broad SMARTS) is 1. The molecular formula is C27H25N3O4. The number of ether oxygens (including phenoxy) is 1. The van der Waals surface area contributed by atoms with Crippen molar-refractivity contribution in [2.24, 2.45) is 5.16 Å². The molecule has 4 aromatic rings. The molecule has 7 nitrogen and oxygen atoms in total. The number of carboxylic acids is 1. The lowest BCUT2D eigenvalue weighted by Gasteiger charge is -2.11. The molecule has 1 N–H and O–H groups in total. The minimum Gasteiger partial charge on any atom is -0.478 e. The van der Waals surface area contributed by atoms with E-state index in [0.29, 0.717) is 36.6 Å². The van der Waals surface area contributed by atoms with E-state index in [1.807, 2.05) is 90.5 Å². The van der Waals surface area contributed by atoms with Crippen molar-refractivity contribution in [3.8, 4) is 11.5 Å². The van der Waals surface area contributed by atoms with Crippen LogP contribution < -0.4 is 4.74 Å². The molecule has 0 aliphatic rings. The number of para-hydroxylation sites is 1. The Kier molecular flexibility index (Phi) is 7.35. The predicted octanol–water partition coefficient (Wildman–Crippen LogP) is 5.41. The molecule has 0 aliphatic carbocycles. The molecule has 0 radical (unpaired) electrons. The van der Waals surface area contributed by atoms with Gasteiger partial charge in [0.15, 0.2) is 0 Å². The van der Waals surface area contributed by atoms with E-state index in [0.717, 1.165) is 17.0 Å². The molecule has 0 fully saturated rings. The van der Waals surface area contributed by atoms with Crippen LogP contribution in [0.25, 0.3) is 0 Å². The third kappa shape index (κ3) is 5.89. The lowest BCUT2D eigenvalue weighted by molar-refractivity contribution is 0.0696. The first-order chi connectivity index (χ1) is 16.6. The second-order valence-corrected chi connectivity index (χ2v) is 7.57. The molecule has 2 aromatic heterocycles. The van der Waals surface area contributed by atoms with E-state index in [1.54, 1.807) is 12.4 Å². The van der Waals surface area contributed by atoms with Crippen LogP contribution in [0.1, 0.15) is 34.1 Å². The highest BCUT2D eigenvalue weighted by molar-refractivity contribution is 6.00. The molecule has 4 rings (SSSR count). The molecular weight excluding hydrogens is 430 g/mol. The number of hydrogen-bond donors (Lipinski definition) is 1. The van der Waals surface area contributed by atoms with E-state index < -0.39 is 5.97 Å². The van der Waals surface area contributed by atoms with Crippen molar-refractivity contribution in [2.75, 3.05) is 6.61 Å². The lowest BCUT2D eigenvalue weighted by Crippen LogP contribution is -2.11. The summed E-state index contributed by atoms with van der Waals surface area (Å²) < 4.78 is 7.77. The number of carbonyl (C=O) groups is 1. The van der Waals surface area contributed by atoms with Gasteiger partial charge < -0.3 is 19.2 Å². The zero-order valence-corrected chi connectivity index (χ0v) is 18.8. The number of oxime groups is 1. The maximum absolute atomic E-state index is 11.9. The number of pyridine rings is 1. The Morgan fingerprint density at radius 3 is 2.53 bits per heavy atom. The first kappa shape index (κ1) is 22.8. The smallest absolute Gasteiger partial charge is 0.337 e. The van der Waals surface area contributed by atoms with Crippen LogP contribution in [0, 0.1) is 0 Å². The van der Waals surface area contributed by atoms with Gasteiger partial charge in [-0.1, -0.05) is 41.6 Å². The highest BCUT2D eigenvalue weighted by atomic mass is 16.6. The highest BCUT2D eigenvalue weighted by Gasteiger charge is 2.16. The number of aromatic carboxylic acids is 1. The fraction of sp³-hybridized carbons (Fsp3) is 0.148. The summed E-state index contributed by atoms with van der Waals surface area (Å²) in [5.74, 6) is 0.423. The van der Waals surface area contributed by atoms with E-state index in [1.165, 1.54) is 0 Å². The van der Waals surface area contributed by atoms with Crippen LogP contribution in [0.2, 0.25) is 0 Å². The van der Waals surface area contributed by atoms with Gasteiger partial charge >= 0.3 is 5.97 Å². The SMILES string of the molecule is CCO/N=C(\Cn1cc(Cc2ccccn2)c(C(=O)O)c1)c1cccc(Oc2ccccc2)c1. The maximum Gasteiger partial charge on any atom is 0.337 e. The van der Waals surface area contributed by atoms with Gasteiger partial charge in [0.2, 0.25) is 0 Å². The Morgan fingerprint density at radius 1 is 1.00 bits per heavy atom. The molecule has 7 heteroatoms. The summed E-state index contributed by atoms with van der Waals surface area (Å²) in [6.07, 6.45) is 5.56. The number of hydrogen-bond acceptors (Lipinski definition) is 5. The van der Waals surface area contributed by atoms with Gasteiger partial charge in [-0.2, -0.15) is 0 Å². The van der Waals surface area contributed by atoms with Gasteiger partial charge in [-0.05, 0) is 48.9 Å². The Morgan fingerprint density at radius 2 is 1.79 bits per heavy atom. The first-order valence-corrected chi connectivity index (χ1v) is 11.0. The van der Waals surface area contributed by atoms with E-state index in [2.05, 4.69) is 10.1 Å². The molecule has 2 heterocycles. The van der Waals surface area contributed by atoms with Crippen LogP contribution in [0.3, 0.4) is 0 Å². The third-order valence-electron chi connectivity index (χ3n) is 5.07. The van der Waals surface area contributed by atoms with Crippen molar-refractivity contribution in [2.45, 2.75) is 19.9 Å². The largest absolute Gasteiger partial charge is 0.478 e. The average Bonchev–Trinajstić information content (AvgIpc) is 3.25. The van der Waals surface area contributed by atoms with Gasteiger partial charge in [-0.25, -0.2) is 4.79 Å². The van der Waals surface area contributed by atoms with Crippen molar-refractivity contribution < 1.29 is 19.5 Å². The molecule has 0 atom stereocenters. The van der Waals surface area contributed by atoms with Gasteiger partial charge in [0.25, 0.3) is 0 Å². The van der Waals surface area contributed by atoms with Crippen molar-refractivity contribution in [3.63, 3.8) is 0 Å². The minimum absolute atomic E-state index is 0.238. The van der Waals surface area contributed by atoms with Crippen molar-refractivity contribution in [1.29, 1.82) is 0 Å². The molecule has 34 heavy (non-hydrogen) atoms. The molecule has 0 aliphatic heterocycles. The summed E-state index contributed by atoms with van der Waals surface area (Å²) in [6, 6.07) is 22.7. The summed E-state index contributed by atoms with van der Waals surface area (Å²) >= 11 is 0. The normalized spacial score (nSPS) is 11.3. The molecule has 172 valence electrons. The summed E-state index contributed by atoms with van der Waals surface area (Å²) in [5.41, 5.74) is 3.19. The molecule has 0 saturated carbocycles. The molecule has 0 bridgehead atoms. The molecule has 0 unspecified atom stereocenters. The van der Waals surface area contributed by atoms with E-state index in [9.17, 15) is 9.90 Å². The van der Waals surface area contributed by atoms with Crippen molar-refractivity contribution in [1.82, 2.24) is 9.55 Å². The zero-order valence-electron chi connectivity index (χ0n) is 18.8. The molecule has 2 aromatic carbocycles. The second-order valence-electron chi connectivity index (χ2n) is 7.57.